The van der Waals surface area contributed by atoms with Gasteiger partial charge >= 0.3 is 0 Å². The predicted molar refractivity (Wildman–Crippen MR) is 51.4 cm³/mol. The lowest BCUT2D eigenvalue weighted by Gasteiger charge is -2.01. The molecule has 0 aromatic carbocycles. The normalized spacial score (nSPS) is 10.0. The van der Waals surface area contributed by atoms with Crippen LogP contribution in [0.25, 0.3) is 0 Å². The molecule has 0 bridgehead atoms. The fourth-order valence-corrected chi connectivity index (χ4v) is 1.39. The van der Waals surface area contributed by atoms with Crippen molar-refractivity contribution in [3.8, 4) is 0 Å². The van der Waals surface area contributed by atoms with Crippen molar-refractivity contribution in [2.75, 3.05) is 0 Å². The van der Waals surface area contributed by atoms with Crippen molar-refractivity contribution in [2.24, 2.45) is 0 Å². The lowest BCUT2D eigenvalue weighted by atomic mass is 10.2. The van der Waals surface area contributed by atoms with Gasteiger partial charge in [0.05, 0.1) is 3.57 Å². The third-order valence-corrected chi connectivity index (χ3v) is 3.40. The standard InChI is InChI=1S/C7H7ClIN/c1-4-3-10-7(8)6(9)5(4)2/h3H,1-2H3. The van der Waals surface area contributed by atoms with Gasteiger partial charge in [-0.05, 0) is 47.6 Å². The molecule has 54 valence electrons. The van der Waals surface area contributed by atoms with Crippen LogP contribution >= 0.6 is 34.2 Å². The summed E-state index contributed by atoms with van der Waals surface area (Å²) in [6.07, 6.45) is 1.79. The minimum absolute atomic E-state index is 0.601. The summed E-state index contributed by atoms with van der Waals surface area (Å²) in [6, 6.07) is 0. The molecule has 0 radical (unpaired) electrons. The lowest BCUT2D eigenvalue weighted by molar-refractivity contribution is 1.19. The van der Waals surface area contributed by atoms with Gasteiger partial charge in [-0.1, -0.05) is 11.6 Å². The predicted octanol–water partition coefficient (Wildman–Crippen LogP) is 2.96. The molecule has 0 unspecified atom stereocenters. The molecule has 1 aromatic heterocycles. The second kappa shape index (κ2) is 3.05. The Hall–Kier alpha value is 0.170. The zero-order valence-corrected chi connectivity index (χ0v) is 8.69. The monoisotopic (exact) mass is 267 g/mol. The molecule has 10 heavy (non-hydrogen) atoms. The summed E-state index contributed by atoms with van der Waals surface area (Å²) in [5.41, 5.74) is 2.41. The van der Waals surface area contributed by atoms with E-state index < -0.39 is 0 Å². The zero-order valence-electron chi connectivity index (χ0n) is 5.78. The average Bonchev–Trinajstić information content (AvgIpc) is 1.93. The Kier molecular flexibility index (Phi) is 2.52. The molecule has 1 rings (SSSR count). The van der Waals surface area contributed by atoms with Gasteiger partial charge < -0.3 is 0 Å². The first-order chi connectivity index (χ1) is 4.63. The Morgan fingerprint density at radius 3 is 2.60 bits per heavy atom. The van der Waals surface area contributed by atoms with Crippen molar-refractivity contribution < 1.29 is 0 Å². The molecule has 1 heterocycles. The summed E-state index contributed by atoms with van der Waals surface area (Å²) in [7, 11) is 0. The van der Waals surface area contributed by atoms with E-state index in [1.54, 1.807) is 6.20 Å². The molecule has 1 aromatic rings. The molecule has 0 aliphatic heterocycles. The van der Waals surface area contributed by atoms with E-state index in [0.717, 1.165) is 3.57 Å². The summed E-state index contributed by atoms with van der Waals surface area (Å²) in [5.74, 6) is 0. The van der Waals surface area contributed by atoms with Gasteiger partial charge in [0.1, 0.15) is 5.15 Å². The van der Waals surface area contributed by atoms with Crippen LogP contribution in [-0.4, -0.2) is 4.98 Å². The molecule has 0 amide bonds. The number of halogens is 2. The van der Waals surface area contributed by atoms with Gasteiger partial charge in [0.2, 0.25) is 0 Å². The highest BCUT2D eigenvalue weighted by atomic mass is 127. The second-order valence-electron chi connectivity index (χ2n) is 2.17. The van der Waals surface area contributed by atoms with E-state index in [2.05, 4.69) is 27.6 Å². The topological polar surface area (TPSA) is 12.9 Å². The number of aryl methyl sites for hydroxylation is 1. The van der Waals surface area contributed by atoms with Crippen molar-refractivity contribution in [3.63, 3.8) is 0 Å². The molecule has 0 aliphatic rings. The number of rotatable bonds is 0. The summed E-state index contributed by atoms with van der Waals surface area (Å²) in [4.78, 5) is 4.00. The van der Waals surface area contributed by atoms with Crippen LogP contribution in [0.3, 0.4) is 0 Å². The van der Waals surface area contributed by atoms with Gasteiger partial charge in [0, 0.05) is 6.20 Å². The minimum atomic E-state index is 0.601. The highest BCUT2D eigenvalue weighted by Gasteiger charge is 2.02. The third-order valence-electron chi connectivity index (χ3n) is 1.47. The quantitative estimate of drug-likeness (QED) is 0.520. The lowest BCUT2D eigenvalue weighted by Crippen LogP contribution is -1.89. The zero-order chi connectivity index (χ0) is 7.72. The summed E-state index contributed by atoms with van der Waals surface area (Å²) in [6.45, 7) is 4.07. The fraction of sp³-hybridized carbons (Fsp3) is 0.286. The molecule has 1 nitrogen and oxygen atoms in total. The van der Waals surface area contributed by atoms with Crippen LogP contribution in [0.15, 0.2) is 6.20 Å². The largest absolute Gasteiger partial charge is 0.243 e. The molecular weight excluding hydrogens is 260 g/mol. The molecule has 0 atom stereocenters. The van der Waals surface area contributed by atoms with Crippen molar-refractivity contribution in [3.05, 3.63) is 26.0 Å². The maximum atomic E-state index is 5.77. The van der Waals surface area contributed by atoms with Gasteiger partial charge in [-0.15, -0.1) is 0 Å². The van der Waals surface area contributed by atoms with E-state index in [1.807, 2.05) is 13.8 Å². The highest BCUT2D eigenvalue weighted by molar-refractivity contribution is 14.1. The number of hydrogen-bond donors (Lipinski definition) is 0. The Morgan fingerprint density at radius 1 is 1.50 bits per heavy atom. The van der Waals surface area contributed by atoms with Gasteiger partial charge in [0.15, 0.2) is 0 Å². The van der Waals surface area contributed by atoms with E-state index in [1.165, 1.54) is 11.1 Å². The number of pyridine rings is 1. The van der Waals surface area contributed by atoms with Gasteiger partial charge in [0.25, 0.3) is 0 Å². The van der Waals surface area contributed by atoms with Crippen molar-refractivity contribution in [1.29, 1.82) is 0 Å². The SMILES string of the molecule is Cc1cnc(Cl)c(I)c1C. The number of aromatic nitrogens is 1. The van der Waals surface area contributed by atoms with E-state index in [-0.39, 0.29) is 0 Å². The third kappa shape index (κ3) is 1.42. The van der Waals surface area contributed by atoms with Crippen LogP contribution in [0, 0.1) is 17.4 Å². The van der Waals surface area contributed by atoms with Crippen LogP contribution in [0.4, 0.5) is 0 Å². The average molecular weight is 267 g/mol. The summed E-state index contributed by atoms with van der Waals surface area (Å²) < 4.78 is 1.05. The smallest absolute Gasteiger partial charge is 0.142 e. The van der Waals surface area contributed by atoms with Crippen LogP contribution in [0.2, 0.25) is 5.15 Å². The molecule has 0 saturated carbocycles. The van der Waals surface area contributed by atoms with Gasteiger partial charge in [-0.25, -0.2) is 4.98 Å². The maximum absolute atomic E-state index is 5.77. The van der Waals surface area contributed by atoms with Gasteiger partial charge in [-0.3, -0.25) is 0 Å². The fourth-order valence-electron chi connectivity index (χ4n) is 0.635. The first kappa shape index (κ1) is 8.27. The Morgan fingerprint density at radius 2 is 2.10 bits per heavy atom. The van der Waals surface area contributed by atoms with E-state index >= 15 is 0 Å². The molecule has 0 spiro atoms. The van der Waals surface area contributed by atoms with Crippen LogP contribution in [0.5, 0.6) is 0 Å². The van der Waals surface area contributed by atoms with Gasteiger partial charge in [-0.2, -0.15) is 0 Å². The summed E-state index contributed by atoms with van der Waals surface area (Å²) in [5, 5.41) is 0.601. The molecule has 3 heteroatoms. The van der Waals surface area contributed by atoms with E-state index in [4.69, 9.17) is 11.6 Å². The first-order valence-electron chi connectivity index (χ1n) is 2.90. The van der Waals surface area contributed by atoms with Crippen molar-refractivity contribution in [1.82, 2.24) is 4.98 Å². The van der Waals surface area contributed by atoms with Crippen LogP contribution in [-0.2, 0) is 0 Å². The molecular formula is C7H7ClIN. The van der Waals surface area contributed by atoms with Crippen LogP contribution < -0.4 is 0 Å². The van der Waals surface area contributed by atoms with E-state index in [0.29, 0.717) is 5.15 Å². The number of nitrogens with zero attached hydrogens (tertiary/aromatic N) is 1. The number of hydrogen-bond acceptors (Lipinski definition) is 1. The molecule has 0 fully saturated rings. The Labute approximate surface area is 78.9 Å². The van der Waals surface area contributed by atoms with Crippen LogP contribution in [0.1, 0.15) is 11.1 Å². The Balaban J connectivity index is 3.34. The second-order valence-corrected chi connectivity index (χ2v) is 3.61. The molecule has 0 aliphatic carbocycles. The Bertz CT molecular complexity index is 233. The first-order valence-corrected chi connectivity index (χ1v) is 4.36. The minimum Gasteiger partial charge on any atom is -0.243 e. The molecule has 0 saturated heterocycles. The van der Waals surface area contributed by atoms with Crippen molar-refractivity contribution >= 4 is 34.2 Å². The van der Waals surface area contributed by atoms with Crippen molar-refractivity contribution in [2.45, 2.75) is 13.8 Å². The molecule has 0 N–H and O–H groups in total. The highest BCUT2D eigenvalue weighted by Crippen LogP contribution is 2.21. The summed E-state index contributed by atoms with van der Waals surface area (Å²) >= 11 is 7.97. The maximum Gasteiger partial charge on any atom is 0.142 e. The van der Waals surface area contributed by atoms with E-state index in [9.17, 15) is 0 Å².